The van der Waals surface area contributed by atoms with Gasteiger partial charge in [0.1, 0.15) is 0 Å². The number of methoxy groups -OCH3 is 1. The molecule has 1 heterocycles. The van der Waals surface area contributed by atoms with Crippen LogP contribution in [0.25, 0.3) is 0 Å². The van der Waals surface area contributed by atoms with E-state index in [1.165, 1.54) is 6.07 Å². The van der Waals surface area contributed by atoms with Gasteiger partial charge in [0.15, 0.2) is 11.5 Å². The predicted octanol–water partition coefficient (Wildman–Crippen LogP) is 5.27. The number of fused-ring (bicyclic) bond motifs is 3. The SMILES string of the molecule is CCOc1cc([C@@H]2Nc3c(Cl)cc(C(=O)O)cc3[C@@H]3C=CC[C@@H]32)ccc1OC. The van der Waals surface area contributed by atoms with Crippen LogP contribution in [-0.2, 0) is 0 Å². The summed E-state index contributed by atoms with van der Waals surface area (Å²) in [6, 6.07) is 9.25. The van der Waals surface area contributed by atoms with Crippen molar-refractivity contribution < 1.29 is 19.4 Å². The molecule has 5 nitrogen and oxygen atoms in total. The highest BCUT2D eigenvalue weighted by molar-refractivity contribution is 6.33. The molecule has 1 aliphatic heterocycles. The second-order valence-electron chi connectivity index (χ2n) is 7.05. The van der Waals surface area contributed by atoms with Crippen molar-refractivity contribution in [1.82, 2.24) is 0 Å². The van der Waals surface area contributed by atoms with Crippen molar-refractivity contribution in [1.29, 1.82) is 0 Å². The van der Waals surface area contributed by atoms with Crippen LogP contribution in [0.4, 0.5) is 5.69 Å². The van der Waals surface area contributed by atoms with E-state index in [9.17, 15) is 9.90 Å². The lowest BCUT2D eigenvalue weighted by molar-refractivity contribution is 0.0696. The molecule has 0 amide bonds. The first-order valence-corrected chi connectivity index (χ1v) is 9.72. The Balaban J connectivity index is 1.78. The summed E-state index contributed by atoms with van der Waals surface area (Å²) in [4.78, 5) is 11.5. The first-order chi connectivity index (χ1) is 13.5. The van der Waals surface area contributed by atoms with Gasteiger partial charge in [-0.05, 0) is 54.7 Å². The fourth-order valence-corrected chi connectivity index (χ4v) is 4.55. The zero-order valence-corrected chi connectivity index (χ0v) is 16.5. The molecule has 146 valence electrons. The van der Waals surface area contributed by atoms with Crippen molar-refractivity contribution in [2.24, 2.45) is 5.92 Å². The van der Waals surface area contributed by atoms with Gasteiger partial charge in [0.2, 0.25) is 0 Å². The van der Waals surface area contributed by atoms with Gasteiger partial charge in [-0.15, -0.1) is 0 Å². The Morgan fingerprint density at radius 2 is 2.11 bits per heavy atom. The smallest absolute Gasteiger partial charge is 0.335 e. The zero-order chi connectivity index (χ0) is 19.8. The van der Waals surface area contributed by atoms with E-state index in [-0.39, 0.29) is 23.4 Å². The van der Waals surface area contributed by atoms with E-state index in [1.54, 1.807) is 13.2 Å². The molecule has 0 bridgehead atoms. The molecule has 0 unspecified atom stereocenters. The number of anilines is 1. The number of nitrogens with one attached hydrogen (secondary N) is 1. The summed E-state index contributed by atoms with van der Waals surface area (Å²) in [6.45, 7) is 2.50. The van der Waals surface area contributed by atoms with Crippen LogP contribution in [0, 0.1) is 5.92 Å². The van der Waals surface area contributed by atoms with Crippen LogP contribution in [0.2, 0.25) is 5.02 Å². The van der Waals surface area contributed by atoms with E-state index in [2.05, 4.69) is 17.5 Å². The Morgan fingerprint density at radius 3 is 2.82 bits per heavy atom. The average molecular weight is 400 g/mol. The summed E-state index contributed by atoms with van der Waals surface area (Å²) in [6.07, 6.45) is 5.23. The lowest BCUT2D eigenvalue weighted by Gasteiger charge is -2.38. The molecule has 0 fully saturated rings. The maximum absolute atomic E-state index is 11.5. The van der Waals surface area contributed by atoms with Crippen LogP contribution in [0.1, 0.15) is 46.8 Å². The number of ether oxygens (including phenoxy) is 2. The first-order valence-electron chi connectivity index (χ1n) is 9.34. The van der Waals surface area contributed by atoms with Crippen molar-refractivity contribution in [3.63, 3.8) is 0 Å². The minimum absolute atomic E-state index is 0.0331. The number of rotatable bonds is 5. The molecule has 28 heavy (non-hydrogen) atoms. The molecule has 4 rings (SSSR count). The monoisotopic (exact) mass is 399 g/mol. The van der Waals surface area contributed by atoms with Crippen LogP contribution < -0.4 is 14.8 Å². The van der Waals surface area contributed by atoms with Crippen molar-refractivity contribution in [2.45, 2.75) is 25.3 Å². The molecule has 0 spiro atoms. The van der Waals surface area contributed by atoms with Gasteiger partial charge in [0.25, 0.3) is 0 Å². The van der Waals surface area contributed by atoms with Gasteiger partial charge < -0.3 is 19.9 Å². The van der Waals surface area contributed by atoms with Crippen LogP contribution in [0.5, 0.6) is 11.5 Å². The second-order valence-corrected chi connectivity index (χ2v) is 7.45. The molecule has 2 N–H and O–H groups in total. The van der Waals surface area contributed by atoms with Gasteiger partial charge in [-0.3, -0.25) is 0 Å². The zero-order valence-electron chi connectivity index (χ0n) is 15.7. The molecule has 2 aromatic carbocycles. The van der Waals surface area contributed by atoms with Gasteiger partial charge >= 0.3 is 5.97 Å². The molecule has 2 aliphatic rings. The van der Waals surface area contributed by atoms with E-state index in [0.29, 0.717) is 23.1 Å². The standard InChI is InChI=1S/C22H22ClNO4/c1-3-28-19-11-12(7-8-18(19)27-2)20-15-6-4-5-14(15)16-9-13(22(25)26)10-17(23)21(16)24-20/h4-5,7-11,14-15,20,24H,3,6H2,1-2H3,(H,25,26)/t14-,15+,20+/m1/s1. The topological polar surface area (TPSA) is 67.8 Å². The third-order valence-corrected chi connectivity index (χ3v) is 5.81. The van der Waals surface area contributed by atoms with Gasteiger partial charge in [-0.25, -0.2) is 4.79 Å². The van der Waals surface area contributed by atoms with Gasteiger partial charge in [0.05, 0.1) is 36.0 Å². The molecule has 3 atom stereocenters. The minimum Gasteiger partial charge on any atom is -0.493 e. The fourth-order valence-electron chi connectivity index (χ4n) is 4.26. The summed E-state index contributed by atoms with van der Waals surface area (Å²) in [5, 5.41) is 13.4. The Kier molecular flexibility index (Phi) is 4.94. The number of hydrogen-bond acceptors (Lipinski definition) is 4. The number of benzene rings is 2. The van der Waals surface area contributed by atoms with E-state index >= 15 is 0 Å². The molecule has 0 saturated carbocycles. The quantitative estimate of drug-likeness (QED) is 0.670. The Bertz CT molecular complexity index is 956. The maximum Gasteiger partial charge on any atom is 0.335 e. The number of allylic oxidation sites excluding steroid dienone is 2. The molecule has 1 aliphatic carbocycles. The van der Waals surface area contributed by atoms with Crippen LogP contribution in [0.3, 0.4) is 0 Å². The number of hydrogen-bond donors (Lipinski definition) is 2. The predicted molar refractivity (Wildman–Crippen MR) is 109 cm³/mol. The Hall–Kier alpha value is -2.66. The van der Waals surface area contributed by atoms with Crippen molar-refractivity contribution in [2.75, 3.05) is 19.0 Å². The number of halogens is 1. The van der Waals surface area contributed by atoms with E-state index < -0.39 is 5.97 Å². The van der Waals surface area contributed by atoms with Crippen molar-refractivity contribution in [3.8, 4) is 11.5 Å². The highest BCUT2D eigenvalue weighted by atomic mass is 35.5. The van der Waals surface area contributed by atoms with Gasteiger partial charge in [-0.2, -0.15) is 0 Å². The van der Waals surface area contributed by atoms with Crippen LogP contribution >= 0.6 is 11.6 Å². The lowest BCUT2D eigenvalue weighted by atomic mass is 9.76. The number of carboxylic acid groups (broad SMARTS) is 1. The highest BCUT2D eigenvalue weighted by Crippen LogP contribution is 2.52. The third-order valence-electron chi connectivity index (χ3n) is 5.51. The first kappa shape index (κ1) is 18.7. The minimum atomic E-state index is -0.970. The van der Waals surface area contributed by atoms with E-state index in [0.717, 1.165) is 23.2 Å². The lowest BCUT2D eigenvalue weighted by Crippen LogP contribution is -2.29. The Morgan fingerprint density at radius 1 is 1.29 bits per heavy atom. The molecular weight excluding hydrogens is 378 g/mol. The molecular formula is C22H22ClNO4. The third kappa shape index (κ3) is 3.10. The van der Waals surface area contributed by atoms with Crippen molar-refractivity contribution >= 4 is 23.3 Å². The van der Waals surface area contributed by atoms with Gasteiger partial charge in [0, 0.05) is 5.92 Å². The maximum atomic E-state index is 11.5. The summed E-state index contributed by atoms with van der Waals surface area (Å²) >= 11 is 6.47. The fraction of sp³-hybridized carbons (Fsp3) is 0.318. The molecule has 6 heteroatoms. The summed E-state index contributed by atoms with van der Waals surface area (Å²) < 4.78 is 11.1. The summed E-state index contributed by atoms with van der Waals surface area (Å²) in [5.74, 6) is 0.838. The number of carboxylic acids is 1. The molecule has 0 saturated heterocycles. The van der Waals surface area contributed by atoms with Gasteiger partial charge in [-0.1, -0.05) is 29.8 Å². The van der Waals surface area contributed by atoms with E-state index in [1.807, 2.05) is 25.1 Å². The largest absolute Gasteiger partial charge is 0.493 e. The van der Waals surface area contributed by atoms with Crippen LogP contribution in [0.15, 0.2) is 42.5 Å². The average Bonchev–Trinajstić information content (AvgIpc) is 3.17. The Labute approximate surface area is 168 Å². The van der Waals surface area contributed by atoms with Crippen LogP contribution in [-0.4, -0.2) is 24.8 Å². The summed E-state index contributed by atoms with van der Waals surface area (Å²) in [7, 11) is 1.63. The second kappa shape index (κ2) is 7.40. The normalized spacial score (nSPS) is 22.2. The number of aromatic carboxylic acids is 1. The van der Waals surface area contributed by atoms with Crippen molar-refractivity contribution in [3.05, 3.63) is 64.2 Å². The molecule has 0 radical (unpaired) electrons. The van der Waals surface area contributed by atoms with E-state index in [4.69, 9.17) is 21.1 Å². The molecule has 2 aromatic rings. The molecule has 0 aromatic heterocycles. The highest BCUT2D eigenvalue weighted by Gasteiger charge is 2.39. The number of carbonyl (C=O) groups is 1. The summed E-state index contributed by atoms with van der Waals surface area (Å²) in [5.41, 5.74) is 3.05.